The van der Waals surface area contributed by atoms with Crippen molar-refractivity contribution < 1.29 is 13.5 Å². The van der Waals surface area contributed by atoms with E-state index < -0.39 is 15.9 Å². The smallest absolute Gasteiger partial charge is 0.150 e. The minimum Gasteiger partial charge on any atom is -0.393 e. The molecule has 0 aromatic carbocycles. The van der Waals surface area contributed by atoms with Gasteiger partial charge in [0.2, 0.25) is 0 Å². The van der Waals surface area contributed by atoms with Gasteiger partial charge in [-0.05, 0) is 30.9 Å². The molecule has 2 rings (SSSR count). The topological polar surface area (TPSA) is 54.4 Å². The highest BCUT2D eigenvalue weighted by Gasteiger charge is 2.29. The Balaban J connectivity index is 1.84. The van der Waals surface area contributed by atoms with Crippen LogP contribution in [0.4, 0.5) is 0 Å². The lowest BCUT2D eigenvalue weighted by Gasteiger charge is -2.13. The van der Waals surface area contributed by atoms with Crippen LogP contribution in [0.2, 0.25) is 4.34 Å². The normalized spacial score (nSPS) is 24.9. The van der Waals surface area contributed by atoms with Crippen molar-refractivity contribution in [2.75, 3.05) is 11.5 Å². The zero-order chi connectivity index (χ0) is 12.5. The number of sulfone groups is 1. The van der Waals surface area contributed by atoms with Crippen LogP contribution in [0.5, 0.6) is 0 Å². The van der Waals surface area contributed by atoms with Crippen LogP contribution in [-0.4, -0.2) is 31.1 Å². The van der Waals surface area contributed by atoms with Crippen molar-refractivity contribution in [2.24, 2.45) is 5.92 Å². The fourth-order valence-electron chi connectivity index (χ4n) is 2.22. The predicted molar refractivity (Wildman–Crippen MR) is 70.4 cm³/mol. The van der Waals surface area contributed by atoms with Gasteiger partial charge in [-0.15, -0.1) is 11.3 Å². The molecule has 1 N–H and O–H groups in total. The highest BCUT2D eigenvalue weighted by Crippen LogP contribution is 2.26. The average molecular weight is 295 g/mol. The maximum absolute atomic E-state index is 11.3. The first-order valence-corrected chi connectivity index (χ1v) is 8.59. The molecule has 0 aliphatic carbocycles. The second kappa shape index (κ2) is 5.26. The van der Waals surface area contributed by atoms with Crippen molar-refractivity contribution in [3.63, 3.8) is 0 Å². The monoisotopic (exact) mass is 294 g/mol. The van der Waals surface area contributed by atoms with E-state index in [0.29, 0.717) is 19.3 Å². The maximum atomic E-state index is 11.3. The first-order chi connectivity index (χ1) is 7.94. The molecule has 2 atom stereocenters. The molecule has 1 aromatic heterocycles. The van der Waals surface area contributed by atoms with Crippen molar-refractivity contribution >= 4 is 32.8 Å². The molecule has 0 saturated carbocycles. The molecule has 1 aromatic rings. The van der Waals surface area contributed by atoms with E-state index in [-0.39, 0.29) is 17.4 Å². The molecule has 1 saturated heterocycles. The van der Waals surface area contributed by atoms with E-state index >= 15 is 0 Å². The van der Waals surface area contributed by atoms with Crippen molar-refractivity contribution in [2.45, 2.75) is 25.4 Å². The fraction of sp³-hybridized carbons (Fsp3) is 0.636. The quantitative estimate of drug-likeness (QED) is 0.925. The third-order valence-corrected chi connectivity index (χ3v) is 6.09. The molecule has 0 amide bonds. The molecular formula is C11H15ClO3S2. The standard InChI is InChI=1S/C11H15ClO3S2/c12-11-2-1-10(16-11)6-9(13)5-8-3-4-17(14,15)7-8/h1-2,8-9,13H,3-7H2. The summed E-state index contributed by atoms with van der Waals surface area (Å²) in [5, 5.41) is 9.91. The average Bonchev–Trinajstić information content (AvgIpc) is 2.73. The summed E-state index contributed by atoms with van der Waals surface area (Å²) < 4.78 is 23.3. The third-order valence-electron chi connectivity index (χ3n) is 3.00. The first kappa shape index (κ1) is 13.3. The fourth-order valence-corrected chi connectivity index (χ4v) is 5.26. The number of aliphatic hydroxyl groups is 1. The molecule has 0 radical (unpaired) electrons. The van der Waals surface area contributed by atoms with E-state index in [0.717, 1.165) is 9.21 Å². The molecule has 2 heterocycles. The zero-order valence-corrected chi connectivity index (χ0v) is 11.7. The highest BCUT2D eigenvalue weighted by molar-refractivity contribution is 7.91. The van der Waals surface area contributed by atoms with Crippen LogP contribution < -0.4 is 0 Å². The summed E-state index contributed by atoms with van der Waals surface area (Å²) in [4.78, 5) is 1.04. The van der Waals surface area contributed by atoms with Crippen molar-refractivity contribution in [3.8, 4) is 0 Å². The Morgan fingerprint density at radius 1 is 1.53 bits per heavy atom. The van der Waals surface area contributed by atoms with Crippen LogP contribution >= 0.6 is 22.9 Å². The number of halogens is 1. The summed E-state index contributed by atoms with van der Waals surface area (Å²) in [6, 6.07) is 3.72. The largest absolute Gasteiger partial charge is 0.393 e. The lowest BCUT2D eigenvalue weighted by molar-refractivity contribution is 0.147. The second-order valence-corrected chi connectivity index (χ2v) is 8.60. The number of rotatable bonds is 4. The molecule has 96 valence electrons. The Morgan fingerprint density at radius 3 is 2.82 bits per heavy atom. The van der Waals surface area contributed by atoms with Gasteiger partial charge < -0.3 is 5.11 Å². The van der Waals surface area contributed by atoms with Crippen molar-refractivity contribution in [3.05, 3.63) is 21.3 Å². The van der Waals surface area contributed by atoms with Gasteiger partial charge in [0.25, 0.3) is 0 Å². The van der Waals surface area contributed by atoms with E-state index in [1.165, 1.54) is 11.3 Å². The Hall–Kier alpha value is -0.100. The summed E-state index contributed by atoms with van der Waals surface area (Å²) in [7, 11) is -2.84. The summed E-state index contributed by atoms with van der Waals surface area (Å²) in [6.07, 6.45) is 1.34. The van der Waals surface area contributed by atoms with Crippen molar-refractivity contribution in [1.82, 2.24) is 0 Å². The van der Waals surface area contributed by atoms with Crippen LogP contribution in [0.15, 0.2) is 12.1 Å². The number of hydrogen-bond acceptors (Lipinski definition) is 4. The van der Waals surface area contributed by atoms with E-state index in [1.807, 2.05) is 12.1 Å². The van der Waals surface area contributed by atoms with Gasteiger partial charge in [0.15, 0.2) is 9.84 Å². The highest BCUT2D eigenvalue weighted by atomic mass is 35.5. The van der Waals surface area contributed by atoms with Gasteiger partial charge in [-0.25, -0.2) is 8.42 Å². The zero-order valence-electron chi connectivity index (χ0n) is 9.30. The van der Waals surface area contributed by atoms with Gasteiger partial charge in [0.1, 0.15) is 0 Å². The van der Waals surface area contributed by atoms with Crippen LogP contribution in [0, 0.1) is 5.92 Å². The summed E-state index contributed by atoms with van der Waals surface area (Å²) in [5.74, 6) is 0.621. The van der Waals surface area contributed by atoms with Crippen LogP contribution in [0.1, 0.15) is 17.7 Å². The molecule has 17 heavy (non-hydrogen) atoms. The number of thiophene rings is 1. The van der Waals surface area contributed by atoms with E-state index in [4.69, 9.17) is 11.6 Å². The molecule has 6 heteroatoms. The van der Waals surface area contributed by atoms with E-state index in [1.54, 1.807) is 0 Å². The minimum absolute atomic E-state index is 0.116. The minimum atomic E-state index is -2.84. The van der Waals surface area contributed by atoms with E-state index in [2.05, 4.69) is 0 Å². The number of hydrogen-bond donors (Lipinski definition) is 1. The van der Waals surface area contributed by atoms with Gasteiger partial charge in [-0.2, -0.15) is 0 Å². The Labute approximate surface area is 110 Å². The summed E-state index contributed by atoms with van der Waals surface area (Å²) in [6.45, 7) is 0. The summed E-state index contributed by atoms with van der Waals surface area (Å²) >= 11 is 7.27. The van der Waals surface area contributed by atoms with Crippen molar-refractivity contribution in [1.29, 1.82) is 0 Å². The molecule has 1 aliphatic rings. The van der Waals surface area contributed by atoms with Gasteiger partial charge in [-0.1, -0.05) is 11.6 Å². The van der Waals surface area contributed by atoms with Gasteiger partial charge in [0.05, 0.1) is 21.9 Å². The van der Waals surface area contributed by atoms with Gasteiger partial charge >= 0.3 is 0 Å². The Morgan fingerprint density at radius 2 is 2.29 bits per heavy atom. The Kier molecular flexibility index (Phi) is 4.13. The Bertz CT molecular complexity index is 481. The molecule has 1 fully saturated rings. The predicted octanol–water partition coefficient (Wildman–Crippen LogP) is 2.13. The molecule has 0 bridgehead atoms. The molecule has 0 spiro atoms. The molecule has 1 aliphatic heterocycles. The third kappa shape index (κ3) is 3.95. The van der Waals surface area contributed by atoms with Gasteiger partial charge in [0, 0.05) is 11.3 Å². The number of aliphatic hydroxyl groups excluding tert-OH is 1. The van der Waals surface area contributed by atoms with Crippen LogP contribution in [0.25, 0.3) is 0 Å². The second-order valence-electron chi connectivity index (χ2n) is 4.57. The van der Waals surface area contributed by atoms with Gasteiger partial charge in [-0.3, -0.25) is 0 Å². The molecule has 2 unspecified atom stereocenters. The molecular weight excluding hydrogens is 280 g/mol. The van der Waals surface area contributed by atoms with Crippen LogP contribution in [-0.2, 0) is 16.3 Å². The SMILES string of the molecule is O=S1(=O)CCC(CC(O)Cc2ccc(Cl)s2)C1. The maximum Gasteiger partial charge on any atom is 0.150 e. The molecule has 3 nitrogen and oxygen atoms in total. The lowest BCUT2D eigenvalue weighted by atomic mass is 9.99. The first-order valence-electron chi connectivity index (χ1n) is 5.57. The van der Waals surface area contributed by atoms with E-state index in [9.17, 15) is 13.5 Å². The van der Waals surface area contributed by atoms with Crippen LogP contribution in [0.3, 0.4) is 0 Å². The summed E-state index contributed by atoms with van der Waals surface area (Å²) in [5.41, 5.74) is 0. The lowest BCUT2D eigenvalue weighted by Crippen LogP contribution is -2.16.